The third-order valence-electron chi connectivity index (χ3n) is 2.38. The minimum Gasteiger partial charge on any atom is -0.310 e. The van der Waals surface area contributed by atoms with Crippen LogP contribution < -0.4 is 5.32 Å². The van der Waals surface area contributed by atoms with Gasteiger partial charge in [-0.1, -0.05) is 32.9 Å². The first kappa shape index (κ1) is 13.2. The van der Waals surface area contributed by atoms with Crippen LogP contribution in [0, 0.1) is 0 Å². The predicted octanol–water partition coefficient (Wildman–Crippen LogP) is 1.98. The molecule has 0 aliphatic rings. The maximum absolute atomic E-state index is 11.6. The van der Waals surface area contributed by atoms with Crippen molar-refractivity contribution in [2.24, 2.45) is 0 Å². The summed E-state index contributed by atoms with van der Waals surface area (Å²) in [4.78, 5) is 0.406. The van der Waals surface area contributed by atoms with Crippen molar-refractivity contribution in [1.82, 2.24) is 5.32 Å². The second-order valence-electron chi connectivity index (χ2n) is 4.08. The van der Waals surface area contributed by atoms with Gasteiger partial charge in [0, 0.05) is 12.6 Å². The Bertz CT molecular complexity index is 421. The molecule has 3 nitrogen and oxygen atoms in total. The fourth-order valence-corrected chi connectivity index (χ4v) is 2.19. The first-order valence-corrected chi connectivity index (χ1v) is 7.16. The van der Waals surface area contributed by atoms with E-state index in [1.807, 2.05) is 12.1 Å². The third kappa shape index (κ3) is 3.61. The Balaban J connectivity index is 2.76. The van der Waals surface area contributed by atoms with Gasteiger partial charge in [0.1, 0.15) is 0 Å². The molecule has 0 spiro atoms. The molecule has 0 atom stereocenters. The molecule has 0 fully saturated rings. The number of nitrogens with one attached hydrogen (secondary N) is 1. The van der Waals surface area contributed by atoms with Crippen LogP contribution in [0.3, 0.4) is 0 Å². The molecule has 0 amide bonds. The van der Waals surface area contributed by atoms with Crippen LogP contribution in [0.1, 0.15) is 26.3 Å². The molecule has 0 aliphatic heterocycles. The SMILES string of the molecule is CCS(=O)(=O)c1ccc(CNC(C)C)cc1. The molecular weight excluding hydrogens is 222 g/mol. The Labute approximate surface area is 97.8 Å². The zero-order chi connectivity index (χ0) is 12.2. The zero-order valence-electron chi connectivity index (χ0n) is 10.0. The van der Waals surface area contributed by atoms with Crippen LogP contribution in [-0.2, 0) is 16.4 Å². The van der Waals surface area contributed by atoms with Gasteiger partial charge in [0.2, 0.25) is 0 Å². The lowest BCUT2D eigenvalue weighted by molar-refractivity contribution is 0.587. The topological polar surface area (TPSA) is 46.2 Å². The van der Waals surface area contributed by atoms with Gasteiger partial charge in [0.25, 0.3) is 0 Å². The van der Waals surface area contributed by atoms with Crippen LogP contribution in [0.2, 0.25) is 0 Å². The Kier molecular flexibility index (Phi) is 4.50. The summed E-state index contributed by atoms with van der Waals surface area (Å²) in [6.07, 6.45) is 0. The average Bonchev–Trinajstić information content (AvgIpc) is 2.27. The molecular formula is C12H19NO2S. The molecule has 1 N–H and O–H groups in total. The number of benzene rings is 1. The summed E-state index contributed by atoms with van der Waals surface area (Å²) in [7, 11) is -3.07. The Morgan fingerprint density at radius 2 is 1.75 bits per heavy atom. The van der Waals surface area contributed by atoms with Gasteiger partial charge >= 0.3 is 0 Å². The van der Waals surface area contributed by atoms with Crippen molar-refractivity contribution in [2.75, 3.05) is 5.75 Å². The van der Waals surface area contributed by atoms with E-state index in [4.69, 9.17) is 0 Å². The number of hydrogen-bond donors (Lipinski definition) is 1. The smallest absolute Gasteiger partial charge is 0.178 e. The van der Waals surface area contributed by atoms with Crippen molar-refractivity contribution in [3.63, 3.8) is 0 Å². The summed E-state index contributed by atoms with van der Waals surface area (Å²) in [6.45, 7) is 6.58. The van der Waals surface area contributed by atoms with Crippen LogP contribution in [-0.4, -0.2) is 20.2 Å². The van der Waals surface area contributed by atoms with Gasteiger partial charge in [-0.2, -0.15) is 0 Å². The molecule has 0 aliphatic carbocycles. The van der Waals surface area contributed by atoms with Crippen LogP contribution >= 0.6 is 0 Å². The summed E-state index contributed by atoms with van der Waals surface area (Å²) in [5.41, 5.74) is 1.10. The highest BCUT2D eigenvalue weighted by Crippen LogP contribution is 2.12. The van der Waals surface area contributed by atoms with Crippen molar-refractivity contribution in [2.45, 2.75) is 38.3 Å². The third-order valence-corrected chi connectivity index (χ3v) is 4.13. The largest absolute Gasteiger partial charge is 0.310 e. The first-order valence-electron chi connectivity index (χ1n) is 5.51. The molecule has 16 heavy (non-hydrogen) atoms. The van der Waals surface area contributed by atoms with Gasteiger partial charge < -0.3 is 5.32 Å². The second-order valence-corrected chi connectivity index (χ2v) is 6.36. The van der Waals surface area contributed by atoms with Crippen molar-refractivity contribution >= 4 is 9.84 Å². The molecule has 0 saturated carbocycles. The van der Waals surface area contributed by atoms with E-state index in [-0.39, 0.29) is 5.75 Å². The standard InChI is InChI=1S/C12H19NO2S/c1-4-16(14,15)12-7-5-11(6-8-12)9-13-10(2)3/h5-8,10,13H,4,9H2,1-3H3. The van der Waals surface area contributed by atoms with Crippen molar-refractivity contribution in [1.29, 1.82) is 0 Å². The lowest BCUT2D eigenvalue weighted by atomic mass is 10.2. The maximum atomic E-state index is 11.6. The Hall–Kier alpha value is -0.870. The van der Waals surface area contributed by atoms with E-state index in [2.05, 4.69) is 19.2 Å². The van der Waals surface area contributed by atoms with Crippen molar-refractivity contribution in [3.8, 4) is 0 Å². The fourth-order valence-electron chi connectivity index (χ4n) is 1.30. The highest BCUT2D eigenvalue weighted by molar-refractivity contribution is 7.91. The average molecular weight is 241 g/mol. The molecule has 90 valence electrons. The van der Waals surface area contributed by atoms with E-state index in [0.717, 1.165) is 12.1 Å². The maximum Gasteiger partial charge on any atom is 0.178 e. The normalized spacial score (nSPS) is 12.0. The highest BCUT2D eigenvalue weighted by atomic mass is 32.2. The predicted molar refractivity (Wildman–Crippen MR) is 66.1 cm³/mol. The second kappa shape index (κ2) is 5.46. The number of rotatable bonds is 5. The fraction of sp³-hybridized carbons (Fsp3) is 0.500. The lowest BCUT2D eigenvalue weighted by Gasteiger charge is -2.08. The van der Waals surface area contributed by atoms with Crippen LogP contribution in [0.15, 0.2) is 29.2 Å². The minimum atomic E-state index is -3.07. The molecule has 4 heteroatoms. The molecule has 1 aromatic rings. The minimum absolute atomic E-state index is 0.149. The van der Waals surface area contributed by atoms with Gasteiger partial charge in [0.15, 0.2) is 9.84 Å². The monoisotopic (exact) mass is 241 g/mol. The molecule has 0 heterocycles. The van der Waals surface area contributed by atoms with Crippen LogP contribution in [0.5, 0.6) is 0 Å². The summed E-state index contributed by atoms with van der Waals surface area (Å²) in [5.74, 6) is 0.149. The van der Waals surface area contributed by atoms with Gasteiger partial charge in [-0.15, -0.1) is 0 Å². The highest BCUT2D eigenvalue weighted by Gasteiger charge is 2.10. The van der Waals surface area contributed by atoms with Crippen molar-refractivity contribution < 1.29 is 8.42 Å². The van der Waals surface area contributed by atoms with Crippen molar-refractivity contribution in [3.05, 3.63) is 29.8 Å². The first-order chi connectivity index (χ1) is 7.45. The Morgan fingerprint density at radius 1 is 1.19 bits per heavy atom. The van der Waals surface area contributed by atoms with Gasteiger partial charge in [0.05, 0.1) is 10.6 Å². The summed E-state index contributed by atoms with van der Waals surface area (Å²) in [6, 6.07) is 7.50. The number of hydrogen-bond acceptors (Lipinski definition) is 3. The van der Waals surface area contributed by atoms with E-state index in [1.165, 1.54) is 0 Å². The molecule has 1 rings (SSSR count). The van der Waals surface area contributed by atoms with Gasteiger partial charge in [-0.3, -0.25) is 0 Å². The molecule has 0 aromatic heterocycles. The molecule has 0 radical (unpaired) electrons. The summed E-state index contributed by atoms with van der Waals surface area (Å²) < 4.78 is 23.1. The van der Waals surface area contributed by atoms with E-state index in [1.54, 1.807) is 19.1 Å². The summed E-state index contributed by atoms with van der Waals surface area (Å²) in [5, 5.41) is 3.28. The van der Waals surface area contributed by atoms with Crippen LogP contribution in [0.4, 0.5) is 0 Å². The van der Waals surface area contributed by atoms with E-state index < -0.39 is 9.84 Å². The van der Waals surface area contributed by atoms with Gasteiger partial charge in [-0.25, -0.2) is 8.42 Å². The van der Waals surface area contributed by atoms with Gasteiger partial charge in [-0.05, 0) is 17.7 Å². The zero-order valence-corrected chi connectivity index (χ0v) is 10.8. The molecule has 0 saturated heterocycles. The lowest BCUT2D eigenvalue weighted by Crippen LogP contribution is -2.21. The van der Waals surface area contributed by atoms with E-state index >= 15 is 0 Å². The molecule has 1 aromatic carbocycles. The number of sulfone groups is 1. The van der Waals surface area contributed by atoms with E-state index in [0.29, 0.717) is 10.9 Å². The summed E-state index contributed by atoms with van der Waals surface area (Å²) >= 11 is 0. The molecule has 0 bridgehead atoms. The molecule has 0 unspecified atom stereocenters. The quantitative estimate of drug-likeness (QED) is 0.857. The Morgan fingerprint density at radius 3 is 2.19 bits per heavy atom. The van der Waals surface area contributed by atoms with Crippen LogP contribution in [0.25, 0.3) is 0 Å². The van der Waals surface area contributed by atoms with E-state index in [9.17, 15) is 8.42 Å².